The second kappa shape index (κ2) is 10.3. The number of amides is 2. The van der Waals surface area contributed by atoms with E-state index in [1.165, 1.54) is 25.4 Å². The van der Waals surface area contributed by atoms with Crippen LogP contribution in [0.1, 0.15) is 73.6 Å². The number of halogens is 3. The first-order chi connectivity index (χ1) is 17.4. The van der Waals surface area contributed by atoms with E-state index in [1.54, 1.807) is 11.0 Å². The number of imidazole rings is 1. The average Bonchev–Trinajstić information content (AvgIpc) is 3.31. The van der Waals surface area contributed by atoms with Crippen molar-refractivity contribution in [2.24, 2.45) is 0 Å². The average molecular weight is 515 g/mol. The summed E-state index contributed by atoms with van der Waals surface area (Å²) in [5.74, 6) is -1.55. The molecule has 0 saturated heterocycles. The fourth-order valence-corrected chi connectivity index (χ4v) is 4.26. The summed E-state index contributed by atoms with van der Waals surface area (Å²) in [6, 6.07) is 6.45. The van der Waals surface area contributed by atoms with Gasteiger partial charge in [0.05, 0.1) is 29.0 Å². The minimum absolute atomic E-state index is 0.0298. The summed E-state index contributed by atoms with van der Waals surface area (Å²) in [4.78, 5) is 34.5. The van der Waals surface area contributed by atoms with E-state index in [0.29, 0.717) is 30.5 Å². The molecule has 1 atom stereocenters. The van der Waals surface area contributed by atoms with Crippen LogP contribution in [0, 0.1) is 5.82 Å². The predicted octanol–water partition coefficient (Wildman–Crippen LogP) is 6.15. The first-order valence-corrected chi connectivity index (χ1v) is 12.0. The van der Waals surface area contributed by atoms with E-state index >= 15 is 0 Å². The van der Waals surface area contributed by atoms with Crippen molar-refractivity contribution in [2.75, 3.05) is 13.1 Å². The van der Waals surface area contributed by atoms with Crippen molar-refractivity contribution >= 4 is 28.6 Å². The van der Waals surface area contributed by atoms with Crippen LogP contribution in [0.5, 0.6) is 0 Å². The molecule has 0 unspecified atom stereocenters. The highest BCUT2D eigenvalue weighted by Gasteiger charge is 2.26. The van der Waals surface area contributed by atoms with Crippen LogP contribution in [0.15, 0.2) is 42.7 Å². The molecule has 10 heteroatoms. The summed E-state index contributed by atoms with van der Waals surface area (Å²) in [5, 5.41) is 2.71. The number of carbonyl (C=O) groups is 2. The van der Waals surface area contributed by atoms with Crippen LogP contribution in [0.2, 0.25) is 0 Å². The molecule has 2 N–H and O–H groups in total. The number of rotatable bonds is 5. The Kier molecular flexibility index (Phi) is 7.29. The van der Waals surface area contributed by atoms with Gasteiger partial charge in [-0.05, 0) is 57.4 Å². The van der Waals surface area contributed by atoms with E-state index in [4.69, 9.17) is 4.74 Å². The van der Waals surface area contributed by atoms with Crippen molar-refractivity contribution in [3.8, 4) is 0 Å². The maximum Gasteiger partial charge on any atom is 0.410 e. The number of carbonyl (C=O) groups excluding carboxylic acids is 2. The summed E-state index contributed by atoms with van der Waals surface area (Å²) in [6.07, 6.45) is 0.602. The molecule has 0 radical (unpaired) electrons. The molecule has 2 aromatic carbocycles. The lowest BCUT2D eigenvalue weighted by molar-refractivity contribution is 0.0270. The molecule has 2 amide bonds. The third-order valence-electron chi connectivity index (χ3n) is 6.11. The lowest BCUT2D eigenvalue weighted by Crippen LogP contribution is -2.39. The predicted molar refractivity (Wildman–Crippen MR) is 134 cm³/mol. The Morgan fingerprint density at radius 3 is 2.57 bits per heavy atom. The second-order valence-corrected chi connectivity index (χ2v) is 9.97. The molecule has 7 nitrogen and oxygen atoms in total. The van der Waals surface area contributed by atoms with Gasteiger partial charge < -0.3 is 19.9 Å². The molecule has 0 bridgehead atoms. The topological polar surface area (TPSA) is 87.3 Å². The molecular weight excluding hydrogens is 485 g/mol. The Bertz CT molecular complexity index is 1360. The molecular formula is C27H29F3N4O3. The molecule has 0 aliphatic carbocycles. The highest BCUT2D eigenvalue weighted by Crippen LogP contribution is 2.30. The highest BCUT2D eigenvalue weighted by molar-refractivity contribution is 6.06. The Morgan fingerprint density at radius 2 is 1.92 bits per heavy atom. The van der Waals surface area contributed by atoms with Crippen LogP contribution in [-0.2, 0) is 4.74 Å². The van der Waals surface area contributed by atoms with Gasteiger partial charge in [0, 0.05) is 18.7 Å². The van der Waals surface area contributed by atoms with Gasteiger partial charge in [-0.1, -0.05) is 24.3 Å². The number of ether oxygens (including phenoxy) is 1. The number of fused-ring (bicyclic) bond motifs is 1. The number of nitrogens with zero attached hydrogens (tertiary/aromatic N) is 2. The van der Waals surface area contributed by atoms with Crippen molar-refractivity contribution < 1.29 is 27.5 Å². The zero-order valence-corrected chi connectivity index (χ0v) is 21.1. The van der Waals surface area contributed by atoms with Crippen molar-refractivity contribution in [1.82, 2.24) is 20.2 Å². The summed E-state index contributed by atoms with van der Waals surface area (Å²) < 4.78 is 46.3. The summed E-state index contributed by atoms with van der Waals surface area (Å²) in [5.41, 5.74) is 1.74. The maximum absolute atomic E-state index is 14.6. The van der Waals surface area contributed by atoms with Gasteiger partial charge in [-0.15, -0.1) is 0 Å². The van der Waals surface area contributed by atoms with Gasteiger partial charge in [0.25, 0.3) is 12.3 Å². The number of aromatic nitrogens is 2. The number of hydrogen-bond acceptors (Lipinski definition) is 4. The lowest BCUT2D eigenvalue weighted by Gasteiger charge is -2.29. The number of hydrogen-bond donors (Lipinski definition) is 2. The Morgan fingerprint density at radius 1 is 1.19 bits per heavy atom. The molecule has 4 rings (SSSR count). The molecule has 0 fully saturated rings. The zero-order chi connectivity index (χ0) is 26.9. The quantitative estimate of drug-likeness (QED) is 0.427. The third-order valence-corrected chi connectivity index (χ3v) is 6.11. The monoisotopic (exact) mass is 514 g/mol. The molecule has 1 aromatic heterocycles. The SMILES string of the molecule is C[C@@H](NC(=O)c1cc(C2=CCN(C(=O)OC(C)(C)C)CC2)cc2[nH]cnc12)c1cccc(C(F)F)c1F. The largest absolute Gasteiger partial charge is 0.444 e. The number of benzene rings is 2. The van der Waals surface area contributed by atoms with E-state index in [0.717, 1.165) is 17.2 Å². The minimum Gasteiger partial charge on any atom is -0.444 e. The lowest BCUT2D eigenvalue weighted by atomic mass is 9.96. The van der Waals surface area contributed by atoms with Gasteiger partial charge in [0.1, 0.15) is 16.9 Å². The summed E-state index contributed by atoms with van der Waals surface area (Å²) in [6.45, 7) is 7.79. The van der Waals surface area contributed by atoms with Crippen molar-refractivity contribution in [3.63, 3.8) is 0 Å². The van der Waals surface area contributed by atoms with Gasteiger partial charge in [0.2, 0.25) is 0 Å². The molecule has 0 spiro atoms. The molecule has 1 aliphatic rings. The number of H-pyrrole nitrogens is 1. The first-order valence-electron chi connectivity index (χ1n) is 12.0. The zero-order valence-electron chi connectivity index (χ0n) is 21.1. The van der Waals surface area contributed by atoms with Crippen molar-refractivity contribution in [3.05, 3.63) is 70.8 Å². The van der Waals surface area contributed by atoms with Crippen LogP contribution in [0.3, 0.4) is 0 Å². The first kappa shape index (κ1) is 26.2. The van der Waals surface area contributed by atoms with Gasteiger partial charge >= 0.3 is 6.09 Å². The van der Waals surface area contributed by atoms with E-state index < -0.39 is 35.4 Å². The molecule has 0 saturated carbocycles. The van der Waals surface area contributed by atoms with E-state index in [9.17, 15) is 22.8 Å². The Hall–Kier alpha value is -3.82. The molecule has 196 valence electrons. The van der Waals surface area contributed by atoms with E-state index in [-0.39, 0.29) is 17.2 Å². The van der Waals surface area contributed by atoms with Gasteiger partial charge in [-0.3, -0.25) is 4.79 Å². The smallest absolute Gasteiger partial charge is 0.410 e. The van der Waals surface area contributed by atoms with Gasteiger partial charge in [-0.25, -0.2) is 22.9 Å². The van der Waals surface area contributed by atoms with Crippen LogP contribution < -0.4 is 5.32 Å². The van der Waals surface area contributed by atoms with Crippen LogP contribution in [0.4, 0.5) is 18.0 Å². The molecule has 37 heavy (non-hydrogen) atoms. The van der Waals surface area contributed by atoms with E-state index in [2.05, 4.69) is 15.3 Å². The van der Waals surface area contributed by atoms with Crippen molar-refractivity contribution in [1.29, 1.82) is 0 Å². The molecule has 1 aliphatic heterocycles. The van der Waals surface area contributed by atoms with Crippen LogP contribution >= 0.6 is 0 Å². The Labute approximate surface area is 212 Å². The van der Waals surface area contributed by atoms with E-state index in [1.807, 2.05) is 32.9 Å². The highest BCUT2D eigenvalue weighted by atomic mass is 19.3. The van der Waals surface area contributed by atoms with Crippen molar-refractivity contribution in [2.45, 2.75) is 52.2 Å². The fraction of sp³-hybridized carbons (Fsp3) is 0.370. The molecule has 3 aromatic rings. The second-order valence-electron chi connectivity index (χ2n) is 9.97. The van der Waals surface area contributed by atoms with Crippen LogP contribution in [0.25, 0.3) is 16.6 Å². The van der Waals surface area contributed by atoms with Gasteiger partial charge in [0.15, 0.2) is 0 Å². The molecule has 2 heterocycles. The minimum atomic E-state index is -2.96. The normalized spacial score (nSPS) is 15.0. The number of aromatic amines is 1. The Balaban J connectivity index is 1.57. The van der Waals surface area contributed by atoms with Crippen LogP contribution in [-0.4, -0.2) is 45.6 Å². The summed E-state index contributed by atoms with van der Waals surface area (Å²) in [7, 11) is 0. The standard InChI is InChI=1S/C27H29F3N4O3/c1-15(18-6-5-7-19(22(18)28)24(29)30)33-25(35)20-12-17(13-21-23(20)32-14-31-21)16-8-10-34(11-9-16)26(36)37-27(2,3)4/h5-8,12-15,24H,9-11H2,1-4H3,(H,31,32)(H,33,35)/t15-/m1/s1. The fourth-order valence-electron chi connectivity index (χ4n) is 4.26. The maximum atomic E-state index is 14.6. The summed E-state index contributed by atoms with van der Waals surface area (Å²) >= 11 is 0. The number of nitrogens with one attached hydrogen (secondary N) is 2. The van der Waals surface area contributed by atoms with Gasteiger partial charge in [-0.2, -0.15) is 0 Å². The number of alkyl halides is 2. The third kappa shape index (κ3) is 5.79.